The average Bonchev–Trinajstić information content (AvgIpc) is 2.41. The Balaban J connectivity index is 2.03. The summed E-state index contributed by atoms with van der Waals surface area (Å²) in [6.45, 7) is 0. The molecule has 2 amide bonds. The number of nitrogens with one attached hydrogen (secondary N) is 2. The van der Waals surface area contributed by atoms with Crippen molar-refractivity contribution >= 4 is 29.2 Å². The maximum atomic E-state index is 11.8. The van der Waals surface area contributed by atoms with Crippen molar-refractivity contribution in [3.05, 3.63) is 48.5 Å². The molecule has 0 unspecified atom stereocenters. The molecular formula is C14H14N2O2S. The number of hydrogen-bond acceptors (Lipinski definition) is 3. The van der Waals surface area contributed by atoms with Crippen molar-refractivity contribution in [3.63, 3.8) is 0 Å². The van der Waals surface area contributed by atoms with Crippen LogP contribution in [-0.2, 0) is 0 Å². The Morgan fingerprint density at radius 1 is 1.11 bits per heavy atom. The zero-order valence-corrected chi connectivity index (χ0v) is 11.2. The zero-order chi connectivity index (χ0) is 13.7. The van der Waals surface area contributed by atoms with Crippen molar-refractivity contribution in [1.82, 2.24) is 0 Å². The van der Waals surface area contributed by atoms with Crippen molar-refractivity contribution in [3.8, 4) is 5.75 Å². The fourth-order valence-corrected chi connectivity index (χ4v) is 2.02. The van der Waals surface area contributed by atoms with Crippen LogP contribution in [0.15, 0.2) is 53.4 Å². The third-order valence-electron chi connectivity index (χ3n) is 2.48. The van der Waals surface area contributed by atoms with Gasteiger partial charge in [0.05, 0.1) is 5.69 Å². The molecule has 4 nitrogen and oxygen atoms in total. The van der Waals surface area contributed by atoms with E-state index in [1.54, 1.807) is 30.0 Å². The summed E-state index contributed by atoms with van der Waals surface area (Å²) in [7, 11) is 0. The van der Waals surface area contributed by atoms with Gasteiger partial charge in [0.1, 0.15) is 5.75 Å². The van der Waals surface area contributed by atoms with Gasteiger partial charge in [-0.2, -0.15) is 0 Å². The summed E-state index contributed by atoms with van der Waals surface area (Å²) in [5.41, 5.74) is 1.08. The molecule has 2 aromatic rings. The van der Waals surface area contributed by atoms with Crippen LogP contribution in [0.1, 0.15) is 0 Å². The second-order valence-corrected chi connectivity index (χ2v) is 4.71. The number of para-hydroxylation sites is 2. The molecule has 0 aliphatic heterocycles. The summed E-state index contributed by atoms with van der Waals surface area (Å²) in [4.78, 5) is 12.9. The number of anilines is 2. The normalized spacial score (nSPS) is 9.95. The maximum Gasteiger partial charge on any atom is 0.323 e. The van der Waals surface area contributed by atoms with Gasteiger partial charge in [-0.25, -0.2) is 4.79 Å². The smallest absolute Gasteiger partial charge is 0.323 e. The number of urea groups is 1. The molecule has 2 rings (SSSR count). The molecule has 0 aliphatic rings. The van der Waals surface area contributed by atoms with Crippen LogP contribution < -0.4 is 10.6 Å². The van der Waals surface area contributed by atoms with Crippen LogP contribution in [0.25, 0.3) is 0 Å². The number of aromatic hydroxyl groups is 1. The molecular weight excluding hydrogens is 260 g/mol. The fraction of sp³-hybridized carbons (Fsp3) is 0.0714. The molecule has 98 valence electrons. The molecule has 0 radical (unpaired) electrons. The van der Waals surface area contributed by atoms with Gasteiger partial charge < -0.3 is 15.7 Å². The lowest BCUT2D eigenvalue weighted by Crippen LogP contribution is -2.19. The van der Waals surface area contributed by atoms with Gasteiger partial charge in [-0.15, -0.1) is 11.8 Å². The predicted octanol–water partition coefficient (Wildman–Crippen LogP) is 3.76. The summed E-state index contributed by atoms with van der Waals surface area (Å²) in [6, 6.07) is 13.7. The van der Waals surface area contributed by atoms with Crippen molar-refractivity contribution in [2.24, 2.45) is 0 Å². The van der Waals surface area contributed by atoms with E-state index in [-0.39, 0.29) is 11.8 Å². The lowest BCUT2D eigenvalue weighted by atomic mass is 10.3. The third kappa shape index (κ3) is 3.66. The number of phenols is 1. The fourth-order valence-electron chi connectivity index (χ4n) is 1.56. The molecule has 0 saturated heterocycles. The summed E-state index contributed by atoms with van der Waals surface area (Å²) in [5, 5.41) is 14.9. The highest BCUT2D eigenvalue weighted by Gasteiger charge is 2.05. The zero-order valence-electron chi connectivity index (χ0n) is 10.4. The molecule has 2 aromatic carbocycles. The van der Waals surface area contributed by atoms with Crippen molar-refractivity contribution < 1.29 is 9.90 Å². The molecule has 0 fully saturated rings. The molecule has 0 heterocycles. The highest BCUT2D eigenvalue weighted by atomic mass is 32.2. The quantitative estimate of drug-likeness (QED) is 0.590. The van der Waals surface area contributed by atoms with Gasteiger partial charge in [-0.05, 0) is 36.6 Å². The summed E-state index contributed by atoms with van der Waals surface area (Å²) >= 11 is 1.60. The number of phenolic OH excluding ortho intramolecular Hbond substituents is 1. The summed E-state index contributed by atoms with van der Waals surface area (Å²) in [6.07, 6.45) is 1.97. The number of thioether (sulfide) groups is 1. The lowest BCUT2D eigenvalue weighted by Gasteiger charge is -2.09. The van der Waals surface area contributed by atoms with Gasteiger partial charge in [0, 0.05) is 10.6 Å². The highest BCUT2D eigenvalue weighted by molar-refractivity contribution is 7.98. The van der Waals surface area contributed by atoms with E-state index in [0.717, 1.165) is 4.90 Å². The second-order valence-electron chi connectivity index (χ2n) is 3.83. The number of benzene rings is 2. The predicted molar refractivity (Wildman–Crippen MR) is 79.0 cm³/mol. The number of carbonyl (C=O) groups is 1. The Bertz CT molecular complexity index is 587. The molecule has 5 heteroatoms. The second kappa shape index (κ2) is 6.15. The van der Waals surface area contributed by atoms with Crippen LogP contribution in [0.3, 0.4) is 0 Å². The molecule has 19 heavy (non-hydrogen) atoms. The van der Waals surface area contributed by atoms with Crippen LogP contribution in [0, 0.1) is 0 Å². The van der Waals surface area contributed by atoms with Gasteiger partial charge in [0.2, 0.25) is 0 Å². The molecule has 3 N–H and O–H groups in total. The minimum Gasteiger partial charge on any atom is -0.506 e. The minimum absolute atomic E-state index is 0.0375. The van der Waals surface area contributed by atoms with Crippen LogP contribution in [0.4, 0.5) is 16.2 Å². The Hall–Kier alpha value is -2.14. The van der Waals surface area contributed by atoms with Gasteiger partial charge in [-0.3, -0.25) is 0 Å². The summed E-state index contributed by atoms with van der Waals surface area (Å²) < 4.78 is 0. The Morgan fingerprint density at radius 3 is 2.63 bits per heavy atom. The van der Waals surface area contributed by atoms with Gasteiger partial charge in [0.25, 0.3) is 0 Å². The molecule has 0 aliphatic carbocycles. The third-order valence-corrected chi connectivity index (χ3v) is 3.21. The van der Waals surface area contributed by atoms with E-state index >= 15 is 0 Å². The van der Waals surface area contributed by atoms with Gasteiger partial charge in [0.15, 0.2) is 0 Å². The number of rotatable bonds is 3. The number of carbonyl (C=O) groups excluding carboxylic acids is 1. The van der Waals surface area contributed by atoms with E-state index in [9.17, 15) is 9.90 Å². The van der Waals surface area contributed by atoms with Crippen molar-refractivity contribution in [2.75, 3.05) is 16.9 Å². The summed E-state index contributed by atoms with van der Waals surface area (Å²) in [5.74, 6) is 0.0375. The van der Waals surface area contributed by atoms with Crippen LogP contribution >= 0.6 is 11.8 Å². The lowest BCUT2D eigenvalue weighted by molar-refractivity contribution is 0.262. The Morgan fingerprint density at radius 2 is 1.89 bits per heavy atom. The molecule has 0 atom stereocenters. The first-order valence-electron chi connectivity index (χ1n) is 5.69. The van der Waals surface area contributed by atoms with Crippen LogP contribution in [0.2, 0.25) is 0 Å². The largest absolute Gasteiger partial charge is 0.506 e. The standard InChI is InChI=1S/C14H14N2O2S/c1-19-11-6-4-5-10(9-11)15-14(18)16-12-7-2-3-8-13(12)17/h2-9,17H,1H3,(H2,15,16,18). The molecule has 0 bridgehead atoms. The average molecular weight is 274 g/mol. The van der Waals surface area contributed by atoms with E-state index in [1.165, 1.54) is 6.07 Å². The number of amides is 2. The first-order chi connectivity index (χ1) is 9.19. The minimum atomic E-state index is -0.389. The molecule has 0 spiro atoms. The van der Waals surface area contributed by atoms with Crippen molar-refractivity contribution in [2.45, 2.75) is 4.90 Å². The van der Waals surface area contributed by atoms with Crippen LogP contribution in [0.5, 0.6) is 5.75 Å². The number of hydrogen-bond donors (Lipinski definition) is 3. The monoisotopic (exact) mass is 274 g/mol. The Kier molecular flexibility index (Phi) is 4.30. The van der Waals surface area contributed by atoms with E-state index in [4.69, 9.17) is 0 Å². The van der Waals surface area contributed by atoms with Crippen molar-refractivity contribution in [1.29, 1.82) is 0 Å². The SMILES string of the molecule is CSc1cccc(NC(=O)Nc2ccccc2O)c1. The van der Waals surface area contributed by atoms with Gasteiger partial charge in [-0.1, -0.05) is 18.2 Å². The van der Waals surface area contributed by atoms with E-state index in [2.05, 4.69) is 10.6 Å². The Labute approximate surface area is 115 Å². The van der Waals surface area contributed by atoms with Crippen LogP contribution in [-0.4, -0.2) is 17.4 Å². The van der Waals surface area contributed by atoms with E-state index in [0.29, 0.717) is 11.4 Å². The van der Waals surface area contributed by atoms with Gasteiger partial charge >= 0.3 is 6.03 Å². The maximum absolute atomic E-state index is 11.8. The first-order valence-corrected chi connectivity index (χ1v) is 6.91. The highest BCUT2D eigenvalue weighted by Crippen LogP contribution is 2.22. The topological polar surface area (TPSA) is 61.4 Å². The van der Waals surface area contributed by atoms with E-state index in [1.807, 2.05) is 30.5 Å². The first kappa shape index (κ1) is 13.3. The van der Waals surface area contributed by atoms with E-state index < -0.39 is 0 Å². The molecule has 0 aromatic heterocycles. The molecule has 0 saturated carbocycles.